The molecule has 0 bridgehead atoms. The van der Waals surface area contributed by atoms with Crippen LogP contribution in [0.15, 0.2) is 4.99 Å². The van der Waals surface area contributed by atoms with E-state index in [9.17, 15) is 8.42 Å². The van der Waals surface area contributed by atoms with Crippen LogP contribution in [0.1, 0.15) is 25.7 Å². The Morgan fingerprint density at radius 3 is 2.81 bits per heavy atom. The molecule has 5 nitrogen and oxygen atoms in total. The number of guanidine groups is 1. The first-order chi connectivity index (χ1) is 7.53. The summed E-state index contributed by atoms with van der Waals surface area (Å²) in [7, 11) is -2.91. The molecular formula is C10H17N3O2S. The smallest absolute Gasteiger partial charge is 0.192 e. The van der Waals surface area contributed by atoms with E-state index in [0.717, 1.165) is 25.7 Å². The van der Waals surface area contributed by atoms with Crippen molar-refractivity contribution < 1.29 is 8.42 Å². The molecule has 6 heteroatoms. The minimum Gasteiger partial charge on any atom is -0.370 e. The summed E-state index contributed by atoms with van der Waals surface area (Å²) >= 11 is 0. The van der Waals surface area contributed by atoms with Crippen LogP contribution in [0.5, 0.6) is 0 Å². The maximum atomic E-state index is 11.8. The molecule has 90 valence electrons. The average Bonchev–Trinajstić information content (AvgIpc) is 2.94. The van der Waals surface area contributed by atoms with Gasteiger partial charge in [-0.1, -0.05) is 0 Å². The highest BCUT2D eigenvalue weighted by Gasteiger charge is 2.52. The topological polar surface area (TPSA) is 75.8 Å². The van der Waals surface area contributed by atoms with Gasteiger partial charge >= 0.3 is 0 Å². The van der Waals surface area contributed by atoms with Gasteiger partial charge in [-0.15, -0.1) is 0 Å². The van der Waals surface area contributed by atoms with Crippen LogP contribution < -0.4 is 5.73 Å². The molecule has 1 aliphatic carbocycles. The van der Waals surface area contributed by atoms with Gasteiger partial charge in [0.2, 0.25) is 0 Å². The van der Waals surface area contributed by atoms with E-state index in [2.05, 4.69) is 9.89 Å². The number of nitrogens with zero attached hydrogens (tertiary/aromatic N) is 2. The zero-order chi connectivity index (χ0) is 11.4. The van der Waals surface area contributed by atoms with Crippen LogP contribution in [0.2, 0.25) is 0 Å². The lowest BCUT2D eigenvalue weighted by molar-refractivity contribution is 0.195. The van der Waals surface area contributed by atoms with E-state index < -0.39 is 9.84 Å². The number of nitrogens with two attached hydrogens (primary N) is 1. The van der Waals surface area contributed by atoms with Crippen molar-refractivity contribution in [2.45, 2.75) is 37.3 Å². The van der Waals surface area contributed by atoms with Gasteiger partial charge in [0, 0.05) is 6.04 Å². The van der Waals surface area contributed by atoms with Gasteiger partial charge < -0.3 is 10.6 Å². The van der Waals surface area contributed by atoms with Gasteiger partial charge in [0.15, 0.2) is 15.8 Å². The fraction of sp³-hybridized carbons (Fsp3) is 0.900. The zero-order valence-electron chi connectivity index (χ0n) is 9.22. The summed E-state index contributed by atoms with van der Waals surface area (Å²) < 4.78 is 23.6. The minimum absolute atomic E-state index is 0.237. The van der Waals surface area contributed by atoms with Gasteiger partial charge in [-0.2, -0.15) is 0 Å². The third kappa shape index (κ3) is 1.50. The number of sulfone groups is 1. The third-order valence-electron chi connectivity index (χ3n) is 3.79. The van der Waals surface area contributed by atoms with E-state index in [4.69, 9.17) is 5.73 Å². The van der Waals surface area contributed by atoms with E-state index >= 15 is 0 Å². The number of rotatable bonds is 1. The molecule has 1 unspecified atom stereocenters. The van der Waals surface area contributed by atoms with Crippen molar-refractivity contribution >= 4 is 15.8 Å². The van der Waals surface area contributed by atoms with Crippen LogP contribution in [0, 0.1) is 0 Å². The molecule has 0 amide bonds. The predicted octanol–water partition coefficient (Wildman–Crippen LogP) is -0.274. The first kappa shape index (κ1) is 10.4. The molecule has 2 aliphatic heterocycles. The van der Waals surface area contributed by atoms with Gasteiger partial charge in [-0.25, -0.2) is 8.42 Å². The molecule has 0 aromatic rings. The number of hydrogen-bond donors (Lipinski definition) is 1. The molecule has 3 rings (SSSR count). The quantitative estimate of drug-likeness (QED) is 0.687. The molecule has 1 saturated carbocycles. The second-order valence-corrected chi connectivity index (χ2v) is 7.38. The summed E-state index contributed by atoms with van der Waals surface area (Å²) in [6, 6.07) is 0.444. The highest BCUT2D eigenvalue weighted by atomic mass is 32.2. The highest BCUT2D eigenvalue weighted by molar-refractivity contribution is 7.91. The van der Waals surface area contributed by atoms with Gasteiger partial charge in [0.25, 0.3) is 0 Å². The third-order valence-corrected chi connectivity index (χ3v) is 5.68. The molecule has 0 aromatic carbocycles. The van der Waals surface area contributed by atoms with E-state index in [1.165, 1.54) is 0 Å². The monoisotopic (exact) mass is 243 g/mol. The van der Waals surface area contributed by atoms with E-state index in [0.29, 0.717) is 24.3 Å². The van der Waals surface area contributed by atoms with Crippen LogP contribution in [-0.4, -0.2) is 48.9 Å². The molecule has 1 atom stereocenters. The summed E-state index contributed by atoms with van der Waals surface area (Å²) in [5, 5.41) is 0. The molecule has 16 heavy (non-hydrogen) atoms. The fourth-order valence-electron chi connectivity index (χ4n) is 3.02. The van der Waals surface area contributed by atoms with Crippen LogP contribution in [0.4, 0.5) is 0 Å². The summed E-state index contributed by atoms with van der Waals surface area (Å²) in [5.41, 5.74) is 5.59. The summed E-state index contributed by atoms with van der Waals surface area (Å²) in [6.45, 7) is 0.564. The largest absolute Gasteiger partial charge is 0.370 e. The van der Waals surface area contributed by atoms with Crippen LogP contribution in [0.3, 0.4) is 0 Å². The molecule has 0 radical (unpaired) electrons. The second-order valence-electron chi connectivity index (χ2n) is 5.20. The Morgan fingerprint density at radius 1 is 1.44 bits per heavy atom. The normalized spacial score (nSPS) is 37.8. The molecule has 2 heterocycles. The zero-order valence-corrected chi connectivity index (χ0v) is 10.0. The maximum absolute atomic E-state index is 11.8. The van der Waals surface area contributed by atoms with Crippen molar-refractivity contribution in [2.75, 3.05) is 18.1 Å². The van der Waals surface area contributed by atoms with E-state index in [-0.39, 0.29) is 11.3 Å². The summed E-state index contributed by atoms with van der Waals surface area (Å²) in [5.74, 6) is 1.12. The Labute approximate surface area is 95.6 Å². The van der Waals surface area contributed by atoms with Gasteiger partial charge in [-0.05, 0) is 25.7 Å². The molecule has 1 saturated heterocycles. The minimum atomic E-state index is -2.91. The first-order valence-electron chi connectivity index (χ1n) is 5.82. The molecular weight excluding hydrogens is 226 g/mol. The Hall–Kier alpha value is -0.780. The first-order valence-corrected chi connectivity index (χ1v) is 7.64. The predicted molar refractivity (Wildman–Crippen MR) is 62.0 cm³/mol. The average molecular weight is 243 g/mol. The molecule has 2 fully saturated rings. The SMILES string of the molecule is NC1=NCC2(CCCS(=O)(=O)C2)N1C1CC1. The summed E-state index contributed by atoms with van der Waals surface area (Å²) in [4.78, 5) is 6.38. The van der Waals surface area contributed by atoms with E-state index in [1.807, 2.05) is 0 Å². The lowest BCUT2D eigenvalue weighted by Crippen LogP contribution is -2.58. The maximum Gasteiger partial charge on any atom is 0.192 e. The molecule has 0 aromatic heterocycles. The highest BCUT2D eigenvalue weighted by Crippen LogP contribution is 2.40. The van der Waals surface area contributed by atoms with E-state index in [1.54, 1.807) is 0 Å². The lowest BCUT2D eigenvalue weighted by atomic mass is 9.94. The Bertz CT molecular complexity index is 441. The molecule has 3 aliphatic rings. The lowest BCUT2D eigenvalue weighted by Gasteiger charge is -2.41. The fourth-order valence-corrected chi connectivity index (χ4v) is 4.94. The van der Waals surface area contributed by atoms with Crippen molar-refractivity contribution in [3.63, 3.8) is 0 Å². The van der Waals surface area contributed by atoms with Gasteiger partial charge in [0.05, 0.1) is 23.6 Å². The Kier molecular flexibility index (Phi) is 2.02. The van der Waals surface area contributed by atoms with Gasteiger partial charge in [-0.3, -0.25) is 4.99 Å². The van der Waals surface area contributed by atoms with Crippen LogP contribution in [-0.2, 0) is 9.84 Å². The number of aliphatic imine (C=N–C) groups is 1. The van der Waals surface area contributed by atoms with Crippen LogP contribution in [0.25, 0.3) is 0 Å². The Balaban J connectivity index is 1.92. The molecule has 2 N–H and O–H groups in total. The second kappa shape index (κ2) is 3.12. The summed E-state index contributed by atoms with van der Waals surface area (Å²) in [6.07, 6.45) is 3.90. The van der Waals surface area contributed by atoms with Gasteiger partial charge in [0.1, 0.15) is 0 Å². The van der Waals surface area contributed by atoms with Crippen molar-refractivity contribution in [1.82, 2.24) is 4.90 Å². The van der Waals surface area contributed by atoms with Crippen molar-refractivity contribution in [2.24, 2.45) is 10.7 Å². The van der Waals surface area contributed by atoms with Crippen molar-refractivity contribution in [1.29, 1.82) is 0 Å². The van der Waals surface area contributed by atoms with Crippen molar-refractivity contribution in [3.05, 3.63) is 0 Å². The van der Waals surface area contributed by atoms with Crippen molar-refractivity contribution in [3.8, 4) is 0 Å². The number of hydrogen-bond acceptors (Lipinski definition) is 5. The van der Waals surface area contributed by atoms with Crippen LogP contribution >= 0.6 is 0 Å². The Morgan fingerprint density at radius 2 is 2.19 bits per heavy atom. The molecule has 1 spiro atoms. The standard InChI is InChI=1S/C10H17N3O2S/c11-9-12-6-10(13(9)8-2-3-8)4-1-5-16(14,15)7-10/h8H,1-7H2,(H2,11,12).